The summed E-state index contributed by atoms with van der Waals surface area (Å²) in [7, 11) is 0. The number of hydrogen-bond donors (Lipinski definition) is 1. The lowest BCUT2D eigenvalue weighted by molar-refractivity contribution is -0.384. The Morgan fingerprint density at radius 3 is 2.42 bits per heavy atom. The lowest BCUT2D eigenvalue weighted by atomic mass is 10.2. The van der Waals surface area contributed by atoms with Crippen molar-refractivity contribution in [1.29, 1.82) is 0 Å². The van der Waals surface area contributed by atoms with Gasteiger partial charge in [0, 0.05) is 25.2 Å². The van der Waals surface area contributed by atoms with E-state index >= 15 is 0 Å². The minimum atomic E-state index is -0.629. The lowest BCUT2D eigenvalue weighted by Gasteiger charge is -2.21. The first-order chi connectivity index (χ1) is 11.6. The lowest BCUT2D eigenvalue weighted by Crippen LogP contribution is -2.22. The maximum absolute atomic E-state index is 12.1. The number of non-ortho nitro benzene ring substituents is 1. The molecule has 0 atom stereocenters. The van der Waals surface area contributed by atoms with Gasteiger partial charge in [0.2, 0.25) is 0 Å². The van der Waals surface area contributed by atoms with Crippen LogP contribution in [0, 0.1) is 10.1 Å². The SMILES string of the molecule is O=C(Nc1ccccc1N1CCCC1)Oc1ccc([N+](=O)[O-])cc1. The molecular formula is C17H17N3O4. The van der Waals surface area contributed by atoms with Crippen LogP contribution >= 0.6 is 0 Å². The highest BCUT2D eigenvalue weighted by Crippen LogP contribution is 2.29. The number of nitrogens with zero attached hydrogens (tertiary/aromatic N) is 2. The quantitative estimate of drug-likeness (QED) is 0.682. The van der Waals surface area contributed by atoms with Crippen LogP contribution in [-0.2, 0) is 0 Å². The monoisotopic (exact) mass is 327 g/mol. The second-order valence-electron chi connectivity index (χ2n) is 5.48. The number of carbonyl (C=O) groups excluding carboxylic acids is 1. The molecule has 124 valence electrons. The second kappa shape index (κ2) is 6.99. The number of benzene rings is 2. The number of anilines is 2. The molecule has 1 fully saturated rings. The van der Waals surface area contributed by atoms with Gasteiger partial charge < -0.3 is 9.64 Å². The van der Waals surface area contributed by atoms with Crippen LogP contribution in [0.5, 0.6) is 5.75 Å². The van der Waals surface area contributed by atoms with Crippen molar-refractivity contribution in [3.63, 3.8) is 0 Å². The molecule has 2 aromatic carbocycles. The Kier molecular flexibility index (Phi) is 4.60. The van der Waals surface area contributed by atoms with E-state index in [1.807, 2.05) is 24.3 Å². The Balaban J connectivity index is 1.67. The van der Waals surface area contributed by atoms with Crippen LogP contribution in [0.1, 0.15) is 12.8 Å². The molecule has 0 bridgehead atoms. The van der Waals surface area contributed by atoms with Crippen molar-refractivity contribution in [1.82, 2.24) is 0 Å². The first kappa shape index (κ1) is 15.8. The zero-order chi connectivity index (χ0) is 16.9. The van der Waals surface area contributed by atoms with Crippen LogP contribution in [0.2, 0.25) is 0 Å². The van der Waals surface area contributed by atoms with Gasteiger partial charge in [0.05, 0.1) is 16.3 Å². The molecule has 2 aromatic rings. The molecule has 24 heavy (non-hydrogen) atoms. The molecule has 1 aliphatic heterocycles. The third-order valence-electron chi connectivity index (χ3n) is 3.85. The molecule has 3 rings (SSSR count). The standard InChI is InChI=1S/C17H17N3O4/c21-17(24-14-9-7-13(8-10-14)20(22)23)18-15-5-1-2-6-16(15)19-11-3-4-12-19/h1-2,5-10H,3-4,11-12H2,(H,18,21). The van der Waals surface area contributed by atoms with Gasteiger partial charge in [-0.2, -0.15) is 0 Å². The summed E-state index contributed by atoms with van der Waals surface area (Å²) >= 11 is 0. The van der Waals surface area contributed by atoms with Gasteiger partial charge in [-0.15, -0.1) is 0 Å². The van der Waals surface area contributed by atoms with E-state index in [0.29, 0.717) is 5.69 Å². The maximum Gasteiger partial charge on any atom is 0.417 e. The predicted molar refractivity (Wildman–Crippen MR) is 90.6 cm³/mol. The van der Waals surface area contributed by atoms with Crippen molar-refractivity contribution in [2.45, 2.75) is 12.8 Å². The molecule has 0 aromatic heterocycles. The van der Waals surface area contributed by atoms with Crippen molar-refractivity contribution in [3.8, 4) is 5.75 Å². The zero-order valence-electron chi connectivity index (χ0n) is 13.0. The highest BCUT2D eigenvalue weighted by Gasteiger charge is 2.17. The van der Waals surface area contributed by atoms with Crippen LogP contribution in [0.15, 0.2) is 48.5 Å². The number of rotatable bonds is 4. The van der Waals surface area contributed by atoms with Crippen LogP contribution < -0.4 is 15.0 Å². The van der Waals surface area contributed by atoms with Gasteiger partial charge in [0.25, 0.3) is 5.69 Å². The van der Waals surface area contributed by atoms with Crippen molar-refractivity contribution in [2.24, 2.45) is 0 Å². The minimum absolute atomic E-state index is 0.0536. The highest BCUT2D eigenvalue weighted by molar-refractivity contribution is 5.91. The smallest absolute Gasteiger partial charge is 0.410 e. The van der Waals surface area contributed by atoms with Crippen molar-refractivity contribution in [3.05, 3.63) is 58.6 Å². The summed E-state index contributed by atoms with van der Waals surface area (Å²) in [6, 6.07) is 12.9. The maximum atomic E-state index is 12.1. The molecule has 0 unspecified atom stereocenters. The summed E-state index contributed by atoms with van der Waals surface area (Å²) < 4.78 is 5.18. The van der Waals surface area contributed by atoms with Gasteiger partial charge in [-0.1, -0.05) is 12.1 Å². The zero-order valence-corrected chi connectivity index (χ0v) is 13.0. The fourth-order valence-corrected chi connectivity index (χ4v) is 2.69. The van der Waals surface area contributed by atoms with Gasteiger partial charge in [-0.05, 0) is 37.1 Å². The Morgan fingerprint density at radius 1 is 1.08 bits per heavy atom. The number of nitro groups is 1. The number of nitrogens with one attached hydrogen (secondary N) is 1. The Labute approximate surface area is 139 Å². The summed E-state index contributed by atoms with van der Waals surface area (Å²) in [5.74, 6) is 0.247. The number of nitro benzene ring substituents is 1. The van der Waals surface area contributed by atoms with Gasteiger partial charge in [-0.3, -0.25) is 15.4 Å². The highest BCUT2D eigenvalue weighted by atomic mass is 16.6. The molecule has 1 amide bonds. The van der Waals surface area contributed by atoms with Gasteiger partial charge in [0.1, 0.15) is 5.75 Å². The fourth-order valence-electron chi connectivity index (χ4n) is 2.69. The third kappa shape index (κ3) is 3.62. The minimum Gasteiger partial charge on any atom is -0.410 e. The summed E-state index contributed by atoms with van der Waals surface area (Å²) in [6.45, 7) is 1.94. The van der Waals surface area contributed by atoms with E-state index in [-0.39, 0.29) is 11.4 Å². The molecule has 7 nitrogen and oxygen atoms in total. The molecule has 1 saturated heterocycles. The second-order valence-corrected chi connectivity index (χ2v) is 5.48. The van der Waals surface area contributed by atoms with Gasteiger partial charge >= 0.3 is 6.09 Å². The normalized spacial score (nSPS) is 13.6. The van der Waals surface area contributed by atoms with E-state index in [1.165, 1.54) is 24.3 Å². The average Bonchev–Trinajstić information content (AvgIpc) is 3.10. The van der Waals surface area contributed by atoms with E-state index in [4.69, 9.17) is 4.74 Å². The molecule has 1 N–H and O–H groups in total. The van der Waals surface area contributed by atoms with E-state index < -0.39 is 11.0 Å². The van der Waals surface area contributed by atoms with Gasteiger partial charge in [0.15, 0.2) is 0 Å². The molecule has 0 spiro atoms. The summed E-state index contributed by atoms with van der Waals surface area (Å²) in [4.78, 5) is 24.4. The molecule has 0 aliphatic carbocycles. The number of ether oxygens (including phenoxy) is 1. The Hall–Kier alpha value is -3.09. The number of amides is 1. The first-order valence-electron chi connectivity index (χ1n) is 7.71. The van der Waals surface area contributed by atoms with E-state index in [9.17, 15) is 14.9 Å². The fraction of sp³-hybridized carbons (Fsp3) is 0.235. The molecule has 1 aliphatic rings. The van der Waals surface area contributed by atoms with Crippen LogP contribution in [0.25, 0.3) is 0 Å². The Bertz CT molecular complexity index is 740. The summed E-state index contributed by atoms with van der Waals surface area (Å²) in [5, 5.41) is 13.4. The molecule has 1 heterocycles. The molecule has 7 heteroatoms. The molecular weight excluding hydrogens is 310 g/mol. The summed E-state index contributed by atoms with van der Waals surface area (Å²) in [5.41, 5.74) is 1.60. The third-order valence-corrected chi connectivity index (χ3v) is 3.85. The van der Waals surface area contributed by atoms with Crippen molar-refractivity contribution >= 4 is 23.2 Å². The van der Waals surface area contributed by atoms with Crippen LogP contribution in [-0.4, -0.2) is 24.1 Å². The number of carbonyl (C=O) groups is 1. The average molecular weight is 327 g/mol. The van der Waals surface area contributed by atoms with Crippen LogP contribution in [0.4, 0.5) is 21.9 Å². The van der Waals surface area contributed by atoms with E-state index in [1.54, 1.807) is 0 Å². The first-order valence-corrected chi connectivity index (χ1v) is 7.71. The number of hydrogen-bond acceptors (Lipinski definition) is 5. The van der Waals surface area contributed by atoms with Crippen LogP contribution in [0.3, 0.4) is 0 Å². The summed E-state index contributed by atoms with van der Waals surface area (Å²) in [6.07, 6.45) is 1.65. The van der Waals surface area contributed by atoms with E-state index in [2.05, 4.69) is 10.2 Å². The molecule has 0 radical (unpaired) electrons. The van der Waals surface area contributed by atoms with Crippen molar-refractivity contribution < 1.29 is 14.5 Å². The largest absolute Gasteiger partial charge is 0.417 e. The predicted octanol–water partition coefficient (Wildman–Crippen LogP) is 3.81. The topological polar surface area (TPSA) is 84.7 Å². The number of para-hydroxylation sites is 2. The van der Waals surface area contributed by atoms with E-state index in [0.717, 1.165) is 31.6 Å². The Morgan fingerprint density at radius 2 is 1.75 bits per heavy atom. The van der Waals surface area contributed by atoms with Crippen molar-refractivity contribution in [2.75, 3.05) is 23.3 Å². The molecule has 0 saturated carbocycles. The van der Waals surface area contributed by atoms with Gasteiger partial charge in [-0.25, -0.2) is 4.79 Å².